The molecule has 0 fully saturated rings. The molecule has 0 saturated heterocycles. The molecule has 0 aliphatic rings. The molecule has 0 aliphatic heterocycles. The van der Waals surface area contributed by atoms with E-state index < -0.39 is 0 Å². The van der Waals surface area contributed by atoms with Gasteiger partial charge in [0, 0.05) is 32.8 Å². The maximum atomic E-state index is 11.1. The number of hydrogen-bond acceptors (Lipinski definition) is 5. The van der Waals surface area contributed by atoms with Crippen LogP contribution < -0.4 is 5.32 Å². The highest BCUT2D eigenvalue weighted by atomic mass is 32.2. The zero-order chi connectivity index (χ0) is 15.1. The number of nitrogens with one attached hydrogen (secondary N) is 1. The van der Waals surface area contributed by atoms with Gasteiger partial charge >= 0.3 is 0 Å². The maximum absolute atomic E-state index is 11.1. The van der Waals surface area contributed by atoms with E-state index in [-0.39, 0.29) is 5.75 Å². The molecule has 5 heteroatoms. The first-order valence-corrected chi connectivity index (χ1v) is 8.47. The Hall–Kier alpha value is -1.04. The normalized spacial score (nSPS) is 10.2. The molecule has 0 amide bonds. The molecule has 0 saturated carbocycles. The molecule has 1 aromatic carbocycles. The van der Waals surface area contributed by atoms with E-state index in [2.05, 4.69) is 5.32 Å². The van der Waals surface area contributed by atoms with E-state index in [4.69, 9.17) is 0 Å². The van der Waals surface area contributed by atoms with Crippen molar-refractivity contribution in [2.75, 3.05) is 19.3 Å². The number of benzene rings is 1. The van der Waals surface area contributed by atoms with Crippen LogP contribution in [-0.2, 0) is 0 Å². The number of aldehydes is 1. The van der Waals surface area contributed by atoms with Crippen molar-refractivity contribution in [2.45, 2.75) is 25.7 Å². The number of aryl methyl sites for hydroxylation is 1. The van der Waals surface area contributed by atoms with Gasteiger partial charge in [-0.2, -0.15) is 0 Å². The quantitative estimate of drug-likeness (QED) is 0.496. The van der Waals surface area contributed by atoms with Gasteiger partial charge in [-0.1, -0.05) is 13.8 Å². The number of thioether (sulfide) groups is 1. The van der Waals surface area contributed by atoms with Crippen LogP contribution in [0.15, 0.2) is 17.0 Å². The monoisotopic (exact) mass is 311 g/mol. The highest BCUT2D eigenvalue weighted by Gasteiger charge is 2.15. The van der Waals surface area contributed by atoms with E-state index in [1.165, 1.54) is 11.3 Å². The number of carbonyl (C=O) groups is 1. The fraction of sp³-hybridized carbons (Fsp3) is 0.400. The van der Waals surface area contributed by atoms with Gasteiger partial charge in [-0.25, -0.2) is 0 Å². The Morgan fingerprint density at radius 2 is 2.10 bits per heavy atom. The Morgan fingerprint density at radius 3 is 2.70 bits per heavy atom. The Balaban J connectivity index is 0.000000956. The van der Waals surface area contributed by atoms with Gasteiger partial charge in [-0.15, -0.1) is 23.1 Å². The van der Waals surface area contributed by atoms with Crippen LogP contribution in [-0.4, -0.2) is 30.7 Å². The van der Waals surface area contributed by atoms with Crippen molar-refractivity contribution >= 4 is 39.5 Å². The van der Waals surface area contributed by atoms with Crippen LogP contribution in [0.4, 0.5) is 0 Å². The zero-order valence-corrected chi connectivity index (χ0v) is 14.0. The van der Waals surface area contributed by atoms with Crippen LogP contribution in [0.2, 0.25) is 0 Å². The predicted molar refractivity (Wildman–Crippen MR) is 89.6 cm³/mol. The molecule has 2 rings (SSSR count). The second-order valence-electron chi connectivity index (χ2n) is 3.95. The largest absolute Gasteiger partial charge is 0.508 e. The summed E-state index contributed by atoms with van der Waals surface area (Å²) in [6.07, 6.45) is 0.906. The van der Waals surface area contributed by atoms with Crippen LogP contribution >= 0.6 is 23.1 Å². The average Bonchev–Trinajstić information content (AvgIpc) is 2.84. The average molecular weight is 311 g/mol. The molecule has 0 radical (unpaired) electrons. The number of fused-ring (bicyclic) bond motifs is 1. The van der Waals surface area contributed by atoms with Crippen molar-refractivity contribution in [3.05, 3.63) is 22.6 Å². The summed E-state index contributed by atoms with van der Waals surface area (Å²) in [7, 11) is 1.91. The minimum absolute atomic E-state index is 0.285. The van der Waals surface area contributed by atoms with Crippen LogP contribution in [0.25, 0.3) is 10.1 Å². The number of phenolic OH excluding ortho intramolecular Hbond substituents is 1. The molecule has 2 N–H and O–H groups in total. The number of phenols is 1. The van der Waals surface area contributed by atoms with E-state index in [1.807, 2.05) is 33.9 Å². The Labute approximate surface area is 128 Å². The van der Waals surface area contributed by atoms with Gasteiger partial charge in [0.15, 0.2) is 6.29 Å². The first kappa shape index (κ1) is 17.0. The van der Waals surface area contributed by atoms with Gasteiger partial charge in [-0.05, 0) is 26.1 Å². The molecule has 0 bridgehead atoms. The number of hydrogen-bond donors (Lipinski definition) is 2. The van der Waals surface area contributed by atoms with Gasteiger partial charge in [0.1, 0.15) is 5.75 Å². The number of aromatic hydroxyl groups is 1. The smallest absolute Gasteiger partial charge is 0.161 e. The van der Waals surface area contributed by atoms with Crippen LogP contribution in [0.1, 0.15) is 29.1 Å². The van der Waals surface area contributed by atoms with Crippen molar-refractivity contribution in [1.82, 2.24) is 5.32 Å². The second kappa shape index (κ2) is 8.29. The zero-order valence-electron chi connectivity index (χ0n) is 12.3. The van der Waals surface area contributed by atoms with E-state index in [0.717, 1.165) is 44.0 Å². The molecule has 0 atom stereocenters. The lowest BCUT2D eigenvalue weighted by Gasteiger charge is -2.05. The fourth-order valence-electron chi connectivity index (χ4n) is 1.81. The summed E-state index contributed by atoms with van der Waals surface area (Å²) in [6.45, 7) is 6.78. The topological polar surface area (TPSA) is 49.3 Å². The molecule has 20 heavy (non-hydrogen) atoms. The Kier molecular flexibility index (Phi) is 7.05. The lowest BCUT2D eigenvalue weighted by atomic mass is 10.1. The summed E-state index contributed by atoms with van der Waals surface area (Å²) in [6, 6.07) is 3.56. The van der Waals surface area contributed by atoms with Crippen LogP contribution in [0.5, 0.6) is 5.75 Å². The van der Waals surface area contributed by atoms with Crippen molar-refractivity contribution in [3.8, 4) is 5.75 Å². The lowest BCUT2D eigenvalue weighted by molar-refractivity contribution is 0.112. The molecule has 1 aromatic heterocycles. The molecule has 0 aliphatic carbocycles. The number of carbonyl (C=O) groups excluding carboxylic acids is 1. The molecule has 0 unspecified atom stereocenters. The van der Waals surface area contributed by atoms with Crippen molar-refractivity contribution in [3.63, 3.8) is 0 Å². The Morgan fingerprint density at radius 1 is 1.40 bits per heavy atom. The number of thiophene rings is 1. The van der Waals surface area contributed by atoms with Crippen LogP contribution in [0.3, 0.4) is 0 Å². The van der Waals surface area contributed by atoms with E-state index in [9.17, 15) is 9.90 Å². The minimum atomic E-state index is 0.285. The second-order valence-corrected chi connectivity index (χ2v) is 6.14. The highest BCUT2D eigenvalue weighted by Crippen LogP contribution is 2.41. The minimum Gasteiger partial charge on any atom is -0.508 e. The van der Waals surface area contributed by atoms with Gasteiger partial charge in [0.25, 0.3) is 0 Å². The van der Waals surface area contributed by atoms with Gasteiger partial charge in [0.2, 0.25) is 0 Å². The van der Waals surface area contributed by atoms with Gasteiger partial charge in [-0.3, -0.25) is 4.79 Å². The Bertz CT molecular complexity index is 579. The SMILES string of the molecule is CC.CNCCSc1c(C=O)sc2ccc(O)c(C)c12. The molecule has 1 heterocycles. The third-order valence-electron chi connectivity index (χ3n) is 2.77. The third-order valence-corrected chi connectivity index (χ3v) is 5.11. The third kappa shape index (κ3) is 3.53. The summed E-state index contributed by atoms with van der Waals surface area (Å²) in [5, 5.41) is 13.9. The first-order valence-electron chi connectivity index (χ1n) is 6.66. The maximum Gasteiger partial charge on any atom is 0.161 e. The summed E-state index contributed by atoms with van der Waals surface area (Å²) in [4.78, 5) is 12.9. The summed E-state index contributed by atoms with van der Waals surface area (Å²) in [5.41, 5.74) is 0.851. The first-order chi connectivity index (χ1) is 9.69. The molecular weight excluding hydrogens is 290 g/mol. The van der Waals surface area contributed by atoms with E-state index in [1.54, 1.807) is 17.8 Å². The van der Waals surface area contributed by atoms with Crippen molar-refractivity contribution < 1.29 is 9.90 Å². The standard InChI is InChI=1S/C13H15NO2S2.C2H6/c1-8-9(16)3-4-10-12(8)13(11(7-15)18-10)17-6-5-14-2;1-2/h3-4,7,14,16H,5-6H2,1-2H3;1-2H3. The summed E-state index contributed by atoms with van der Waals surface area (Å²) in [5.74, 6) is 1.19. The van der Waals surface area contributed by atoms with Gasteiger partial charge in [0.05, 0.1) is 4.88 Å². The number of rotatable bonds is 5. The summed E-state index contributed by atoms with van der Waals surface area (Å²) >= 11 is 3.15. The molecule has 2 aromatic rings. The lowest BCUT2D eigenvalue weighted by Crippen LogP contribution is -2.09. The van der Waals surface area contributed by atoms with Crippen LogP contribution in [0, 0.1) is 6.92 Å². The van der Waals surface area contributed by atoms with E-state index in [0.29, 0.717) is 0 Å². The molecule has 0 spiro atoms. The van der Waals surface area contributed by atoms with Crippen molar-refractivity contribution in [2.24, 2.45) is 0 Å². The van der Waals surface area contributed by atoms with Gasteiger partial charge < -0.3 is 10.4 Å². The highest BCUT2D eigenvalue weighted by molar-refractivity contribution is 7.99. The summed E-state index contributed by atoms with van der Waals surface area (Å²) < 4.78 is 1.05. The van der Waals surface area contributed by atoms with E-state index >= 15 is 0 Å². The fourth-order valence-corrected chi connectivity index (χ4v) is 4.25. The van der Waals surface area contributed by atoms with Crippen molar-refractivity contribution in [1.29, 1.82) is 0 Å². The predicted octanol–water partition coefficient (Wildman–Crippen LogP) is 4.07. The molecular formula is C15H21NO2S2. The molecule has 110 valence electrons. The molecule has 3 nitrogen and oxygen atoms in total.